The number of alkyl halides is 3. The first-order valence-corrected chi connectivity index (χ1v) is 8.78. The van der Waals surface area contributed by atoms with Crippen molar-refractivity contribution in [2.45, 2.75) is 19.0 Å². The molecule has 1 aromatic carbocycles. The number of halogens is 3. The van der Waals surface area contributed by atoms with Crippen LogP contribution in [0.15, 0.2) is 30.3 Å². The van der Waals surface area contributed by atoms with Crippen molar-refractivity contribution in [1.82, 2.24) is 14.8 Å². The van der Waals surface area contributed by atoms with E-state index in [4.69, 9.17) is 11.1 Å². The molecule has 6 nitrogen and oxygen atoms in total. The number of rotatable bonds is 5. The fourth-order valence-electron chi connectivity index (χ4n) is 3.42. The highest BCUT2D eigenvalue weighted by atomic mass is 19.4. The van der Waals surface area contributed by atoms with Crippen molar-refractivity contribution < 1.29 is 18.0 Å². The molecular formula is C18H22F3N5O. The summed E-state index contributed by atoms with van der Waals surface area (Å²) in [5, 5.41) is 8.55. The van der Waals surface area contributed by atoms with E-state index >= 15 is 0 Å². The summed E-state index contributed by atoms with van der Waals surface area (Å²) in [6.45, 7) is 0.979. The molecule has 0 saturated carbocycles. The van der Waals surface area contributed by atoms with Crippen molar-refractivity contribution in [2.24, 2.45) is 11.7 Å². The van der Waals surface area contributed by atoms with Gasteiger partial charge in [0.15, 0.2) is 5.96 Å². The fraction of sp³-hybridized carbons (Fsp3) is 0.444. The minimum atomic E-state index is -4.16. The molecule has 0 aliphatic carbocycles. The zero-order valence-electron chi connectivity index (χ0n) is 14.7. The number of nitrogens with zero attached hydrogens (tertiary/aromatic N) is 2. The Morgan fingerprint density at radius 3 is 2.74 bits per heavy atom. The van der Waals surface area contributed by atoms with Gasteiger partial charge in [0.1, 0.15) is 5.69 Å². The van der Waals surface area contributed by atoms with Gasteiger partial charge in [-0.1, -0.05) is 18.2 Å². The Balaban J connectivity index is 1.58. The van der Waals surface area contributed by atoms with Gasteiger partial charge in [0.2, 0.25) is 0 Å². The zero-order valence-corrected chi connectivity index (χ0v) is 14.7. The molecule has 9 heteroatoms. The van der Waals surface area contributed by atoms with E-state index < -0.39 is 18.0 Å². The lowest BCUT2D eigenvalue weighted by molar-refractivity contribution is -0.170. The number of hydrogen-bond acceptors (Lipinski definition) is 3. The van der Waals surface area contributed by atoms with Gasteiger partial charge in [0.05, 0.1) is 5.92 Å². The lowest BCUT2D eigenvalue weighted by Crippen LogP contribution is -2.43. The first-order valence-electron chi connectivity index (χ1n) is 8.78. The van der Waals surface area contributed by atoms with Crippen LogP contribution in [0, 0.1) is 11.3 Å². The number of para-hydroxylation sites is 1. The molecule has 4 N–H and O–H groups in total. The predicted molar refractivity (Wildman–Crippen MR) is 96.5 cm³/mol. The Hall–Kier alpha value is -2.55. The van der Waals surface area contributed by atoms with Gasteiger partial charge in [0.25, 0.3) is 5.91 Å². The average Bonchev–Trinajstić information content (AvgIpc) is 3.24. The highest BCUT2D eigenvalue weighted by Crippen LogP contribution is 2.33. The Morgan fingerprint density at radius 2 is 2.11 bits per heavy atom. The van der Waals surface area contributed by atoms with Crippen LogP contribution in [0.1, 0.15) is 23.3 Å². The Morgan fingerprint density at radius 1 is 1.37 bits per heavy atom. The number of guanidine groups is 1. The minimum Gasteiger partial charge on any atom is -0.370 e. The van der Waals surface area contributed by atoms with Crippen LogP contribution in [0.5, 0.6) is 0 Å². The number of aromatic nitrogens is 1. The van der Waals surface area contributed by atoms with Crippen molar-refractivity contribution >= 4 is 22.8 Å². The third-order valence-electron chi connectivity index (χ3n) is 4.89. The molecule has 27 heavy (non-hydrogen) atoms. The molecule has 3 rings (SSSR count). The first-order chi connectivity index (χ1) is 12.8. The molecule has 1 aliphatic rings. The van der Waals surface area contributed by atoms with Crippen molar-refractivity contribution in [3.8, 4) is 0 Å². The molecule has 1 atom stereocenters. The maximum atomic E-state index is 12.7. The van der Waals surface area contributed by atoms with Crippen LogP contribution in [0.2, 0.25) is 0 Å². The molecule has 1 unspecified atom stereocenters. The normalized spacial score (nSPS) is 18.1. The molecular weight excluding hydrogens is 359 g/mol. The maximum absolute atomic E-state index is 12.7. The third kappa shape index (κ3) is 4.41. The highest BCUT2D eigenvalue weighted by Gasteiger charge is 2.43. The van der Waals surface area contributed by atoms with Crippen LogP contribution in [-0.4, -0.2) is 59.0 Å². The van der Waals surface area contributed by atoms with Gasteiger partial charge in [0, 0.05) is 24.0 Å². The zero-order chi connectivity index (χ0) is 19.6. The van der Waals surface area contributed by atoms with Crippen molar-refractivity contribution in [3.63, 3.8) is 0 Å². The van der Waals surface area contributed by atoms with E-state index in [2.05, 4.69) is 4.98 Å². The molecule has 1 saturated heterocycles. The van der Waals surface area contributed by atoms with E-state index in [-0.39, 0.29) is 25.5 Å². The number of aromatic amines is 1. The quantitative estimate of drug-likeness (QED) is 0.550. The SMILES string of the molecule is N=C(N)N(CCCN1CCC(C(F)(F)F)C1)C(=O)c1cc2ccccc2[nH]1. The first kappa shape index (κ1) is 19.2. The van der Waals surface area contributed by atoms with E-state index in [0.29, 0.717) is 25.2 Å². The number of H-pyrrole nitrogens is 1. The molecule has 1 aliphatic heterocycles. The summed E-state index contributed by atoms with van der Waals surface area (Å²) in [5.74, 6) is -2.09. The van der Waals surface area contributed by atoms with Gasteiger partial charge < -0.3 is 15.6 Å². The van der Waals surface area contributed by atoms with Gasteiger partial charge in [-0.2, -0.15) is 13.2 Å². The van der Waals surface area contributed by atoms with E-state index in [0.717, 1.165) is 15.8 Å². The number of hydrogen-bond donors (Lipinski definition) is 3. The number of carbonyl (C=O) groups is 1. The second kappa shape index (κ2) is 7.59. The average molecular weight is 381 g/mol. The largest absolute Gasteiger partial charge is 0.393 e. The summed E-state index contributed by atoms with van der Waals surface area (Å²) in [7, 11) is 0. The molecule has 2 heterocycles. The molecule has 0 bridgehead atoms. The molecule has 0 spiro atoms. The van der Waals surface area contributed by atoms with Crippen LogP contribution in [0.25, 0.3) is 10.9 Å². The summed E-state index contributed by atoms with van der Waals surface area (Å²) in [6.07, 6.45) is -3.62. The summed E-state index contributed by atoms with van der Waals surface area (Å²) in [4.78, 5) is 18.6. The number of amides is 1. The Kier molecular flexibility index (Phi) is 5.41. The van der Waals surface area contributed by atoms with Gasteiger partial charge in [-0.15, -0.1) is 0 Å². The van der Waals surface area contributed by atoms with E-state index in [1.165, 1.54) is 0 Å². The minimum absolute atomic E-state index is 0.0143. The monoisotopic (exact) mass is 381 g/mol. The number of fused-ring (bicyclic) bond motifs is 1. The third-order valence-corrected chi connectivity index (χ3v) is 4.89. The van der Waals surface area contributed by atoms with Gasteiger partial charge in [-0.05, 0) is 38.1 Å². The van der Waals surface area contributed by atoms with Crippen LogP contribution in [-0.2, 0) is 0 Å². The second-order valence-electron chi connectivity index (χ2n) is 6.79. The molecule has 2 aromatic rings. The highest BCUT2D eigenvalue weighted by molar-refractivity contribution is 6.05. The number of likely N-dealkylation sites (tertiary alicyclic amines) is 1. The maximum Gasteiger partial charge on any atom is 0.393 e. The topological polar surface area (TPSA) is 89.2 Å². The molecule has 1 fully saturated rings. The molecule has 1 aromatic heterocycles. The van der Waals surface area contributed by atoms with Crippen LogP contribution in [0.3, 0.4) is 0 Å². The summed E-state index contributed by atoms with van der Waals surface area (Å²) < 4.78 is 38.2. The van der Waals surface area contributed by atoms with Crippen molar-refractivity contribution in [2.75, 3.05) is 26.2 Å². The Labute approximate surface area is 154 Å². The Bertz CT molecular complexity index is 799. The summed E-state index contributed by atoms with van der Waals surface area (Å²) >= 11 is 0. The predicted octanol–water partition coefficient (Wildman–Crippen LogP) is 2.78. The van der Waals surface area contributed by atoms with Crippen LogP contribution < -0.4 is 5.73 Å². The van der Waals surface area contributed by atoms with Crippen molar-refractivity contribution in [1.29, 1.82) is 5.41 Å². The van der Waals surface area contributed by atoms with Gasteiger partial charge in [-0.25, -0.2) is 0 Å². The smallest absolute Gasteiger partial charge is 0.370 e. The summed E-state index contributed by atoms with van der Waals surface area (Å²) in [5.41, 5.74) is 6.68. The van der Waals surface area contributed by atoms with E-state index in [1.54, 1.807) is 11.0 Å². The number of carbonyl (C=O) groups excluding carboxylic acids is 1. The molecule has 0 radical (unpaired) electrons. The number of nitrogens with one attached hydrogen (secondary N) is 2. The van der Waals surface area contributed by atoms with E-state index in [9.17, 15) is 18.0 Å². The standard InChI is InChI=1S/C18H22F3N5O/c19-18(20,21)13-6-9-25(11-13)7-3-8-26(17(22)23)16(27)15-10-12-4-1-2-5-14(12)24-15/h1-2,4-5,10,13,24H,3,6-9,11H2,(H3,22,23). The lowest BCUT2D eigenvalue weighted by atomic mass is 10.1. The fourth-order valence-corrected chi connectivity index (χ4v) is 3.42. The van der Waals surface area contributed by atoms with Gasteiger partial charge in [-0.3, -0.25) is 15.1 Å². The molecule has 146 valence electrons. The number of benzene rings is 1. The van der Waals surface area contributed by atoms with E-state index in [1.807, 2.05) is 24.3 Å². The van der Waals surface area contributed by atoms with Gasteiger partial charge >= 0.3 is 6.18 Å². The number of nitrogens with two attached hydrogens (primary N) is 1. The lowest BCUT2D eigenvalue weighted by Gasteiger charge is -2.22. The summed E-state index contributed by atoms with van der Waals surface area (Å²) in [6, 6.07) is 9.11. The molecule has 1 amide bonds. The van der Waals surface area contributed by atoms with Crippen LogP contribution in [0.4, 0.5) is 13.2 Å². The van der Waals surface area contributed by atoms with Crippen molar-refractivity contribution in [3.05, 3.63) is 36.0 Å². The van der Waals surface area contributed by atoms with Crippen LogP contribution >= 0.6 is 0 Å². The second-order valence-corrected chi connectivity index (χ2v) is 6.79.